The molecule has 4 rings (SSSR count). The number of aliphatic imine (C=N–C) groups is 1. The first-order valence-corrected chi connectivity index (χ1v) is 9.44. The molecule has 6 nitrogen and oxygen atoms in total. The lowest BCUT2D eigenvalue weighted by atomic mass is 9.86. The highest BCUT2D eigenvalue weighted by Gasteiger charge is 2.42. The molecule has 0 spiro atoms. The van der Waals surface area contributed by atoms with E-state index in [1.165, 1.54) is 4.90 Å². The van der Waals surface area contributed by atoms with E-state index in [0.717, 1.165) is 5.70 Å². The number of nitrogens with one attached hydrogen (secondary N) is 1. The van der Waals surface area contributed by atoms with Crippen LogP contribution in [-0.4, -0.2) is 64.6 Å². The van der Waals surface area contributed by atoms with Crippen molar-refractivity contribution >= 4 is 12.1 Å². The van der Waals surface area contributed by atoms with Gasteiger partial charge in [-0.15, -0.1) is 0 Å². The molecular weight excluding hydrogens is 373 g/mol. The maximum absolute atomic E-state index is 12.7. The SMILES string of the molecule is C[C@@H]1CCN(C(=O)CC(F)(F)F)C[C@@H]1N1C=CC(O)C2=C1C1C=CNC1N=C2. The van der Waals surface area contributed by atoms with Crippen LogP contribution in [0.25, 0.3) is 0 Å². The van der Waals surface area contributed by atoms with Crippen molar-refractivity contribution in [3.8, 4) is 0 Å². The van der Waals surface area contributed by atoms with Gasteiger partial charge in [-0.1, -0.05) is 13.0 Å². The minimum absolute atomic E-state index is 0.0620. The number of fused-ring (bicyclic) bond motifs is 2. The fourth-order valence-corrected chi connectivity index (χ4v) is 4.38. The summed E-state index contributed by atoms with van der Waals surface area (Å²) in [4.78, 5) is 19.9. The van der Waals surface area contributed by atoms with Gasteiger partial charge in [0, 0.05) is 36.8 Å². The average molecular weight is 396 g/mol. The second-order valence-electron chi connectivity index (χ2n) is 7.77. The van der Waals surface area contributed by atoms with E-state index in [1.54, 1.807) is 18.5 Å². The number of carbonyl (C=O) groups excluding carboxylic acids is 1. The van der Waals surface area contributed by atoms with Crippen LogP contribution in [0, 0.1) is 11.8 Å². The summed E-state index contributed by atoms with van der Waals surface area (Å²) in [5.41, 5.74) is 1.60. The van der Waals surface area contributed by atoms with E-state index in [9.17, 15) is 23.1 Å². The first-order valence-electron chi connectivity index (χ1n) is 9.44. The first kappa shape index (κ1) is 19.0. The van der Waals surface area contributed by atoms with Crippen LogP contribution in [0.1, 0.15) is 19.8 Å². The first-order chi connectivity index (χ1) is 13.2. The van der Waals surface area contributed by atoms with Crippen molar-refractivity contribution in [3.05, 3.63) is 35.8 Å². The Bertz CT molecular complexity index is 774. The number of aliphatic hydroxyl groups is 1. The molecule has 0 aromatic rings. The lowest BCUT2D eigenvalue weighted by Crippen LogP contribution is -2.54. The number of likely N-dealkylation sites (tertiary alicyclic amines) is 1. The zero-order valence-electron chi connectivity index (χ0n) is 15.4. The topological polar surface area (TPSA) is 68.2 Å². The van der Waals surface area contributed by atoms with E-state index in [0.29, 0.717) is 18.5 Å². The number of halogens is 3. The van der Waals surface area contributed by atoms with E-state index in [2.05, 4.69) is 10.3 Å². The lowest BCUT2D eigenvalue weighted by molar-refractivity contribution is -0.163. The Labute approximate surface area is 161 Å². The summed E-state index contributed by atoms with van der Waals surface area (Å²) < 4.78 is 38.0. The van der Waals surface area contributed by atoms with Crippen molar-refractivity contribution in [1.82, 2.24) is 15.1 Å². The van der Waals surface area contributed by atoms with Crippen molar-refractivity contribution in [2.75, 3.05) is 13.1 Å². The zero-order valence-corrected chi connectivity index (χ0v) is 15.4. The van der Waals surface area contributed by atoms with E-state index in [-0.39, 0.29) is 30.6 Å². The summed E-state index contributed by atoms with van der Waals surface area (Å²) >= 11 is 0. The molecule has 1 saturated heterocycles. The van der Waals surface area contributed by atoms with Crippen LogP contribution < -0.4 is 5.32 Å². The fraction of sp³-hybridized carbons (Fsp3) is 0.579. The lowest BCUT2D eigenvalue weighted by Gasteiger charge is -2.47. The molecule has 4 aliphatic heterocycles. The van der Waals surface area contributed by atoms with Gasteiger partial charge in [-0.25, -0.2) is 0 Å². The normalized spacial score (nSPS) is 34.4. The van der Waals surface area contributed by atoms with Crippen molar-refractivity contribution in [1.29, 1.82) is 0 Å². The Morgan fingerprint density at radius 1 is 1.39 bits per heavy atom. The molecule has 5 atom stereocenters. The average Bonchev–Trinajstić information content (AvgIpc) is 3.10. The van der Waals surface area contributed by atoms with Gasteiger partial charge in [-0.05, 0) is 24.6 Å². The van der Waals surface area contributed by atoms with Crippen molar-refractivity contribution in [2.45, 2.75) is 44.3 Å². The van der Waals surface area contributed by atoms with Gasteiger partial charge in [0.15, 0.2) is 0 Å². The molecule has 1 amide bonds. The number of hydrogen-bond acceptors (Lipinski definition) is 5. The fourth-order valence-electron chi connectivity index (χ4n) is 4.38. The molecule has 0 aromatic carbocycles. The van der Waals surface area contributed by atoms with Gasteiger partial charge in [0.25, 0.3) is 0 Å². The highest BCUT2D eigenvalue weighted by molar-refractivity contribution is 5.84. The summed E-state index contributed by atoms with van der Waals surface area (Å²) in [5, 5.41) is 13.5. The summed E-state index contributed by atoms with van der Waals surface area (Å²) in [7, 11) is 0. The molecule has 9 heteroatoms. The van der Waals surface area contributed by atoms with Crippen LogP contribution in [0.15, 0.2) is 40.8 Å². The third kappa shape index (κ3) is 3.43. The maximum Gasteiger partial charge on any atom is 0.397 e. The summed E-state index contributed by atoms with van der Waals surface area (Å²) in [6.45, 7) is 2.60. The largest absolute Gasteiger partial charge is 0.397 e. The van der Waals surface area contributed by atoms with E-state index >= 15 is 0 Å². The van der Waals surface area contributed by atoms with Gasteiger partial charge in [-0.2, -0.15) is 13.2 Å². The molecule has 28 heavy (non-hydrogen) atoms. The van der Waals surface area contributed by atoms with Gasteiger partial charge in [-0.3, -0.25) is 9.79 Å². The minimum Gasteiger partial charge on any atom is -0.384 e. The molecule has 3 unspecified atom stereocenters. The quantitative estimate of drug-likeness (QED) is 0.747. The highest BCUT2D eigenvalue weighted by atomic mass is 19.4. The number of carbonyl (C=O) groups is 1. The Hall–Kier alpha value is -2.29. The molecule has 0 saturated carbocycles. The smallest absolute Gasteiger partial charge is 0.384 e. The molecular formula is C19H23F3N4O2. The van der Waals surface area contributed by atoms with Crippen LogP contribution in [0.4, 0.5) is 13.2 Å². The maximum atomic E-state index is 12.7. The molecule has 0 aliphatic carbocycles. The monoisotopic (exact) mass is 396 g/mol. The Morgan fingerprint density at radius 2 is 2.18 bits per heavy atom. The van der Waals surface area contributed by atoms with Crippen molar-refractivity contribution in [3.63, 3.8) is 0 Å². The number of dihydropyridines is 1. The number of hydrogen-bond donors (Lipinski definition) is 2. The molecule has 4 heterocycles. The van der Waals surface area contributed by atoms with Crippen LogP contribution in [0.2, 0.25) is 0 Å². The Balaban J connectivity index is 1.60. The molecule has 0 radical (unpaired) electrons. The third-order valence-electron chi connectivity index (χ3n) is 5.90. The summed E-state index contributed by atoms with van der Waals surface area (Å²) in [6.07, 6.45) is 2.69. The number of amides is 1. The number of rotatable bonds is 2. The van der Waals surface area contributed by atoms with Crippen LogP contribution >= 0.6 is 0 Å². The molecule has 4 aliphatic rings. The highest BCUT2D eigenvalue weighted by Crippen LogP contribution is 2.38. The van der Waals surface area contributed by atoms with Gasteiger partial charge in [0.05, 0.1) is 12.0 Å². The number of piperidine rings is 1. The van der Waals surface area contributed by atoms with E-state index in [1.807, 2.05) is 24.1 Å². The Kier molecular flexibility index (Phi) is 4.73. The summed E-state index contributed by atoms with van der Waals surface area (Å²) in [5.74, 6) is -0.766. The molecule has 0 bridgehead atoms. The van der Waals surface area contributed by atoms with E-state index in [4.69, 9.17) is 0 Å². The molecule has 0 aromatic heterocycles. The second kappa shape index (κ2) is 6.95. The minimum atomic E-state index is -4.51. The van der Waals surface area contributed by atoms with Gasteiger partial charge < -0.3 is 20.2 Å². The molecule has 1 fully saturated rings. The Morgan fingerprint density at radius 3 is 2.93 bits per heavy atom. The number of aliphatic hydroxyl groups excluding tert-OH is 1. The zero-order chi connectivity index (χ0) is 20.1. The van der Waals surface area contributed by atoms with E-state index < -0.39 is 24.6 Å². The second-order valence-corrected chi connectivity index (χ2v) is 7.77. The van der Waals surface area contributed by atoms with Gasteiger partial charge in [0.1, 0.15) is 18.7 Å². The third-order valence-corrected chi connectivity index (χ3v) is 5.90. The molecule has 152 valence electrons. The van der Waals surface area contributed by atoms with Crippen molar-refractivity contribution in [2.24, 2.45) is 16.8 Å². The van der Waals surface area contributed by atoms with Gasteiger partial charge in [0.2, 0.25) is 5.91 Å². The van der Waals surface area contributed by atoms with Crippen molar-refractivity contribution < 1.29 is 23.1 Å². The number of alkyl halides is 3. The van der Waals surface area contributed by atoms with Crippen LogP contribution in [-0.2, 0) is 4.79 Å². The summed E-state index contributed by atoms with van der Waals surface area (Å²) in [6, 6.07) is -0.166. The predicted octanol–water partition coefficient (Wildman–Crippen LogP) is 1.76. The van der Waals surface area contributed by atoms with Crippen LogP contribution in [0.3, 0.4) is 0 Å². The number of nitrogens with zero attached hydrogens (tertiary/aromatic N) is 3. The van der Waals surface area contributed by atoms with Crippen LogP contribution in [0.5, 0.6) is 0 Å². The van der Waals surface area contributed by atoms with Gasteiger partial charge >= 0.3 is 6.18 Å². The molecule has 2 N–H and O–H groups in total. The standard InChI is InChI=1S/C19H23F3N4O2/c1-11-3-6-25(16(28)8-19(20,21)22)10-14(11)26-7-4-15(27)13-9-24-18-12(17(13)26)2-5-23-18/h2,4-5,7,9,11-12,14-15,18,23,27H,3,6,8,10H2,1H3/t11-,12?,14+,15?,18?/m1/s1. The predicted molar refractivity (Wildman–Crippen MR) is 96.9 cm³/mol.